The summed E-state index contributed by atoms with van der Waals surface area (Å²) in [7, 11) is 0. The first-order chi connectivity index (χ1) is 11.8. The van der Waals surface area contributed by atoms with Crippen LogP contribution >= 0.6 is 11.3 Å². The second-order valence-electron chi connectivity index (χ2n) is 5.89. The summed E-state index contributed by atoms with van der Waals surface area (Å²) >= 11 is 1.71. The number of hydrogen-bond acceptors (Lipinski definition) is 6. The van der Waals surface area contributed by atoms with Crippen molar-refractivity contribution >= 4 is 38.5 Å². The lowest BCUT2D eigenvalue weighted by Crippen LogP contribution is -2.27. The highest BCUT2D eigenvalue weighted by Crippen LogP contribution is 2.37. The number of benzene rings is 1. The molecule has 1 saturated heterocycles. The Morgan fingerprint density at radius 1 is 1.25 bits per heavy atom. The third kappa shape index (κ3) is 2.03. The lowest BCUT2D eigenvalue weighted by molar-refractivity contribution is 0.698. The van der Waals surface area contributed by atoms with Gasteiger partial charge in [0.15, 0.2) is 5.65 Å². The molecule has 0 bridgehead atoms. The fourth-order valence-electron chi connectivity index (χ4n) is 3.28. The Hall–Kier alpha value is -2.74. The molecule has 0 aliphatic carbocycles. The number of rotatable bonds is 2. The van der Waals surface area contributed by atoms with Gasteiger partial charge < -0.3 is 4.90 Å². The van der Waals surface area contributed by atoms with Gasteiger partial charge >= 0.3 is 0 Å². The Balaban J connectivity index is 1.59. The molecule has 0 amide bonds. The third-order valence-electron chi connectivity index (χ3n) is 4.43. The minimum Gasteiger partial charge on any atom is -0.333 e. The van der Waals surface area contributed by atoms with E-state index >= 15 is 0 Å². The van der Waals surface area contributed by atoms with E-state index in [0.29, 0.717) is 17.0 Å². The molecular formula is C16H14N6OS. The van der Waals surface area contributed by atoms with Gasteiger partial charge in [0, 0.05) is 6.54 Å². The number of fused-ring (bicyclic) bond motifs is 2. The molecule has 3 aromatic heterocycles. The van der Waals surface area contributed by atoms with Gasteiger partial charge in [-0.25, -0.2) is 4.98 Å². The summed E-state index contributed by atoms with van der Waals surface area (Å²) in [4.78, 5) is 26.6. The third-order valence-corrected chi connectivity index (χ3v) is 5.56. The lowest BCUT2D eigenvalue weighted by Gasteiger charge is -2.23. The van der Waals surface area contributed by atoms with E-state index in [0.717, 1.165) is 29.9 Å². The first kappa shape index (κ1) is 13.7. The number of H-pyrrole nitrogens is 2. The van der Waals surface area contributed by atoms with Crippen molar-refractivity contribution in [2.24, 2.45) is 0 Å². The lowest BCUT2D eigenvalue weighted by atomic mass is 10.2. The first-order valence-corrected chi connectivity index (χ1v) is 8.67. The van der Waals surface area contributed by atoms with Crippen LogP contribution in [0.3, 0.4) is 0 Å². The number of aromatic amines is 2. The molecule has 1 aliphatic heterocycles. The molecule has 0 spiro atoms. The molecule has 1 aromatic carbocycles. The van der Waals surface area contributed by atoms with Crippen molar-refractivity contribution in [3.05, 3.63) is 45.8 Å². The second-order valence-corrected chi connectivity index (χ2v) is 6.96. The highest BCUT2D eigenvalue weighted by Gasteiger charge is 2.30. The van der Waals surface area contributed by atoms with Crippen molar-refractivity contribution < 1.29 is 0 Å². The Morgan fingerprint density at radius 2 is 2.17 bits per heavy atom. The van der Waals surface area contributed by atoms with Crippen molar-refractivity contribution in [3.63, 3.8) is 0 Å². The molecule has 4 aromatic rings. The maximum Gasteiger partial charge on any atom is 0.263 e. The molecule has 1 atom stereocenters. The minimum absolute atomic E-state index is 0.144. The number of aromatic nitrogens is 5. The van der Waals surface area contributed by atoms with Gasteiger partial charge in [-0.1, -0.05) is 12.1 Å². The average Bonchev–Trinajstić information content (AvgIpc) is 3.32. The van der Waals surface area contributed by atoms with Crippen molar-refractivity contribution in [1.29, 1.82) is 0 Å². The van der Waals surface area contributed by atoms with Crippen molar-refractivity contribution in [3.8, 4) is 0 Å². The number of para-hydroxylation sites is 1. The van der Waals surface area contributed by atoms with Crippen molar-refractivity contribution in [2.75, 3.05) is 11.4 Å². The molecule has 0 saturated carbocycles. The number of nitrogens with zero attached hydrogens (tertiary/aromatic N) is 4. The quantitative estimate of drug-likeness (QED) is 0.586. The Morgan fingerprint density at radius 3 is 3.08 bits per heavy atom. The summed E-state index contributed by atoms with van der Waals surface area (Å²) in [5.41, 5.74) is 1.37. The van der Waals surface area contributed by atoms with Crippen molar-refractivity contribution in [1.82, 2.24) is 25.1 Å². The summed E-state index contributed by atoms with van der Waals surface area (Å²) in [5.74, 6) is 0.582. The highest BCUT2D eigenvalue weighted by molar-refractivity contribution is 7.18. The normalized spacial score (nSPS) is 18.0. The molecule has 120 valence electrons. The second kappa shape index (κ2) is 5.13. The largest absolute Gasteiger partial charge is 0.333 e. The molecule has 24 heavy (non-hydrogen) atoms. The van der Waals surface area contributed by atoms with Gasteiger partial charge in [-0.05, 0) is 25.0 Å². The molecule has 7 nitrogen and oxygen atoms in total. The van der Waals surface area contributed by atoms with Crippen LogP contribution in [0, 0.1) is 0 Å². The number of thiazole rings is 1. The Labute approximate surface area is 140 Å². The highest BCUT2D eigenvalue weighted by atomic mass is 32.1. The van der Waals surface area contributed by atoms with Crippen LogP contribution < -0.4 is 10.5 Å². The van der Waals surface area contributed by atoms with E-state index in [1.165, 1.54) is 10.9 Å². The summed E-state index contributed by atoms with van der Waals surface area (Å²) in [6.45, 7) is 0.850. The van der Waals surface area contributed by atoms with Crippen LogP contribution in [0.15, 0.2) is 35.3 Å². The molecule has 0 radical (unpaired) electrons. The van der Waals surface area contributed by atoms with Gasteiger partial charge in [-0.3, -0.25) is 14.9 Å². The molecule has 4 heterocycles. The van der Waals surface area contributed by atoms with Crippen LogP contribution in [0.5, 0.6) is 0 Å². The smallest absolute Gasteiger partial charge is 0.263 e. The summed E-state index contributed by atoms with van der Waals surface area (Å²) in [6.07, 6.45) is 3.55. The maximum atomic E-state index is 12.2. The summed E-state index contributed by atoms with van der Waals surface area (Å²) < 4.78 is 1.19. The van der Waals surface area contributed by atoms with Crippen molar-refractivity contribution in [2.45, 2.75) is 18.9 Å². The average molecular weight is 338 g/mol. The van der Waals surface area contributed by atoms with Crippen LogP contribution in [0.25, 0.3) is 21.3 Å². The van der Waals surface area contributed by atoms with Gasteiger partial charge in [-0.2, -0.15) is 10.1 Å². The van der Waals surface area contributed by atoms with Gasteiger partial charge in [-0.15, -0.1) is 11.3 Å². The van der Waals surface area contributed by atoms with Crippen LogP contribution in [-0.4, -0.2) is 31.7 Å². The molecule has 8 heteroatoms. The molecule has 1 aliphatic rings. The molecule has 1 fully saturated rings. The van der Waals surface area contributed by atoms with E-state index in [2.05, 4.69) is 31.1 Å². The molecule has 2 N–H and O–H groups in total. The van der Waals surface area contributed by atoms with Gasteiger partial charge in [0.05, 0.1) is 22.5 Å². The van der Waals surface area contributed by atoms with Gasteiger partial charge in [0.1, 0.15) is 10.4 Å². The Kier molecular flexibility index (Phi) is 2.93. The summed E-state index contributed by atoms with van der Waals surface area (Å²) in [6, 6.07) is 8.30. The van der Waals surface area contributed by atoms with Gasteiger partial charge in [0.2, 0.25) is 5.95 Å². The van der Waals surface area contributed by atoms with Crippen LogP contribution in [0.1, 0.15) is 23.9 Å². The van der Waals surface area contributed by atoms with E-state index in [-0.39, 0.29) is 11.6 Å². The molecule has 5 rings (SSSR count). The zero-order chi connectivity index (χ0) is 16.1. The molecule has 0 unspecified atom stereocenters. The van der Waals surface area contributed by atoms with Gasteiger partial charge in [0.25, 0.3) is 5.56 Å². The van der Waals surface area contributed by atoms with Crippen LogP contribution in [0.2, 0.25) is 0 Å². The topological polar surface area (TPSA) is 90.6 Å². The van der Waals surface area contributed by atoms with Crippen LogP contribution in [0.4, 0.5) is 5.95 Å². The van der Waals surface area contributed by atoms with Crippen LogP contribution in [-0.2, 0) is 0 Å². The Bertz CT molecular complexity index is 1060. The predicted octanol–water partition coefficient (Wildman–Crippen LogP) is 2.60. The molecular weight excluding hydrogens is 324 g/mol. The zero-order valence-corrected chi connectivity index (χ0v) is 13.5. The minimum atomic E-state index is -0.168. The van der Waals surface area contributed by atoms with E-state index < -0.39 is 0 Å². The maximum absolute atomic E-state index is 12.2. The zero-order valence-electron chi connectivity index (χ0n) is 12.7. The number of nitrogens with one attached hydrogen (secondary N) is 2. The van der Waals surface area contributed by atoms with E-state index in [1.54, 1.807) is 11.3 Å². The first-order valence-electron chi connectivity index (χ1n) is 7.85. The number of anilines is 1. The fraction of sp³-hybridized carbons (Fsp3) is 0.250. The fourth-order valence-corrected chi connectivity index (χ4v) is 4.39. The SMILES string of the molecule is O=c1[nH]c(N2CCC[C@H]2c2nc3ccccc3s2)nc2[nH]ncc12. The monoisotopic (exact) mass is 338 g/mol. The standard InChI is InChI=1S/C16H14N6OS/c23-14-9-8-17-21-13(9)19-16(20-14)22-7-3-5-11(22)15-18-10-4-1-2-6-12(10)24-15/h1-2,4,6,8,11H,3,5,7H2,(H2,17,19,20,21,23)/t11-/m0/s1. The van der Waals surface area contributed by atoms with E-state index in [9.17, 15) is 4.79 Å². The number of hydrogen-bond donors (Lipinski definition) is 2. The predicted molar refractivity (Wildman–Crippen MR) is 93.5 cm³/mol. The van der Waals surface area contributed by atoms with E-state index in [1.807, 2.05) is 18.2 Å². The summed E-state index contributed by atoms with van der Waals surface area (Å²) in [5, 5.41) is 8.23. The van der Waals surface area contributed by atoms with E-state index in [4.69, 9.17) is 4.98 Å².